The molecule has 1 aromatic heterocycles. The molecule has 0 aliphatic rings. The van der Waals surface area contributed by atoms with Crippen LogP contribution in [-0.4, -0.2) is 11.5 Å². The molecule has 4 heteroatoms. The van der Waals surface area contributed by atoms with Crippen molar-refractivity contribution in [3.8, 4) is 0 Å². The minimum atomic E-state index is 0.0372. The van der Waals surface area contributed by atoms with Crippen LogP contribution in [0, 0.1) is 12.3 Å². The normalized spacial score (nSPS) is 12.1. The molecule has 0 saturated carbocycles. The van der Waals surface area contributed by atoms with E-state index in [9.17, 15) is 0 Å². The Labute approximate surface area is 123 Å². The molecule has 2 nitrogen and oxygen atoms in total. The number of hydrogen-bond donors (Lipinski definition) is 1. The van der Waals surface area contributed by atoms with Crippen molar-refractivity contribution < 1.29 is 0 Å². The van der Waals surface area contributed by atoms with Gasteiger partial charge in [0.2, 0.25) is 0 Å². The summed E-state index contributed by atoms with van der Waals surface area (Å²) in [6.45, 7) is 6.95. The Kier molecular flexibility index (Phi) is 4.05. The molecule has 0 unspecified atom stereocenters. The van der Waals surface area contributed by atoms with Gasteiger partial charge in [-0.05, 0) is 49.1 Å². The van der Waals surface area contributed by atoms with Crippen molar-refractivity contribution in [3.05, 3.63) is 39.5 Å². The maximum absolute atomic E-state index is 6.24. The molecule has 0 spiro atoms. The van der Waals surface area contributed by atoms with Crippen molar-refractivity contribution in [3.63, 3.8) is 0 Å². The van der Waals surface area contributed by atoms with Crippen LogP contribution >= 0.6 is 23.2 Å². The highest BCUT2D eigenvalue weighted by Crippen LogP contribution is 2.31. The standard InChI is InChI=1S/C15H18Cl2N2/c1-9-4-11(7-15(2,3)8-18)19-13-6-10(16)5-12(17)14(9)13/h4-6H,7-8,18H2,1-3H3. The summed E-state index contributed by atoms with van der Waals surface area (Å²) in [6.07, 6.45) is 0.838. The third kappa shape index (κ3) is 3.19. The van der Waals surface area contributed by atoms with Crippen LogP contribution in [0.2, 0.25) is 10.0 Å². The van der Waals surface area contributed by atoms with Crippen LogP contribution in [0.15, 0.2) is 18.2 Å². The van der Waals surface area contributed by atoms with Gasteiger partial charge in [0.05, 0.1) is 10.5 Å². The molecule has 0 amide bonds. The molecule has 0 aliphatic heterocycles. The lowest BCUT2D eigenvalue weighted by molar-refractivity contribution is 0.373. The number of benzene rings is 1. The number of hydrogen-bond acceptors (Lipinski definition) is 2. The predicted molar refractivity (Wildman–Crippen MR) is 83.0 cm³/mol. The number of pyridine rings is 1. The largest absolute Gasteiger partial charge is 0.330 e. The van der Waals surface area contributed by atoms with Crippen molar-refractivity contribution in [1.29, 1.82) is 0 Å². The molecule has 0 saturated heterocycles. The number of nitrogens with zero attached hydrogens (tertiary/aromatic N) is 1. The van der Waals surface area contributed by atoms with Crippen molar-refractivity contribution in [2.75, 3.05) is 6.54 Å². The monoisotopic (exact) mass is 296 g/mol. The Morgan fingerprint density at radius 1 is 1.21 bits per heavy atom. The van der Waals surface area contributed by atoms with Gasteiger partial charge in [-0.2, -0.15) is 0 Å². The van der Waals surface area contributed by atoms with E-state index in [1.54, 1.807) is 6.07 Å². The number of halogens is 2. The van der Waals surface area contributed by atoms with Crippen LogP contribution in [0.4, 0.5) is 0 Å². The van der Waals surface area contributed by atoms with Gasteiger partial charge in [-0.1, -0.05) is 37.0 Å². The molecule has 102 valence electrons. The van der Waals surface area contributed by atoms with Crippen molar-refractivity contribution in [2.24, 2.45) is 11.1 Å². The predicted octanol–water partition coefficient (Wildman–Crippen LogP) is 4.38. The third-order valence-corrected chi connectivity index (χ3v) is 3.80. The van der Waals surface area contributed by atoms with Gasteiger partial charge in [0.1, 0.15) is 0 Å². The Morgan fingerprint density at radius 3 is 2.53 bits per heavy atom. The van der Waals surface area contributed by atoms with E-state index in [1.165, 1.54) is 0 Å². The van der Waals surface area contributed by atoms with Crippen molar-refractivity contribution in [1.82, 2.24) is 4.98 Å². The molecule has 0 atom stereocenters. The van der Waals surface area contributed by atoms with Gasteiger partial charge < -0.3 is 5.73 Å². The van der Waals surface area contributed by atoms with Crippen LogP contribution in [0.1, 0.15) is 25.1 Å². The highest BCUT2D eigenvalue weighted by atomic mass is 35.5. The lowest BCUT2D eigenvalue weighted by Gasteiger charge is -2.22. The summed E-state index contributed by atoms with van der Waals surface area (Å²) in [5.41, 5.74) is 8.81. The second-order valence-corrected chi connectivity index (χ2v) is 6.60. The smallest absolute Gasteiger partial charge is 0.0737 e. The molecule has 1 heterocycles. The summed E-state index contributed by atoms with van der Waals surface area (Å²) in [7, 11) is 0. The van der Waals surface area contributed by atoms with Crippen LogP contribution in [0.5, 0.6) is 0 Å². The molecule has 1 aromatic carbocycles. The Morgan fingerprint density at radius 2 is 1.89 bits per heavy atom. The van der Waals surface area contributed by atoms with Gasteiger partial charge in [0, 0.05) is 16.1 Å². The Bertz CT molecular complexity index is 621. The summed E-state index contributed by atoms with van der Waals surface area (Å²) in [5.74, 6) is 0. The van der Waals surface area contributed by atoms with E-state index in [-0.39, 0.29) is 5.41 Å². The van der Waals surface area contributed by atoms with E-state index in [0.717, 1.165) is 28.6 Å². The Hall–Kier alpha value is -0.830. The molecular weight excluding hydrogens is 279 g/mol. The summed E-state index contributed by atoms with van der Waals surface area (Å²) in [5, 5.41) is 2.23. The fraction of sp³-hybridized carbons (Fsp3) is 0.400. The zero-order valence-electron chi connectivity index (χ0n) is 11.4. The first-order valence-electron chi connectivity index (χ1n) is 6.28. The quantitative estimate of drug-likeness (QED) is 0.913. The lowest BCUT2D eigenvalue weighted by atomic mass is 9.87. The van der Waals surface area contributed by atoms with Crippen molar-refractivity contribution in [2.45, 2.75) is 27.2 Å². The molecule has 0 bridgehead atoms. The molecule has 0 radical (unpaired) electrons. The topological polar surface area (TPSA) is 38.9 Å². The van der Waals surface area contributed by atoms with E-state index in [1.807, 2.05) is 13.0 Å². The van der Waals surface area contributed by atoms with Gasteiger partial charge in [-0.25, -0.2) is 0 Å². The maximum Gasteiger partial charge on any atom is 0.0737 e. The van der Waals surface area contributed by atoms with Crippen LogP contribution in [-0.2, 0) is 6.42 Å². The molecular formula is C15H18Cl2N2. The zero-order valence-corrected chi connectivity index (χ0v) is 12.9. The summed E-state index contributed by atoms with van der Waals surface area (Å²) in [4.78, 5) is 4.67. The number of fused-ring (bicyclic) bond motifs is 1. The summed E-state index contributed by atoms with van der Waals surface area (Å²) in [6, 6.07) is 5.69. The third-order valence-electron chi connectivity index (χ3n) is 3.29. The van der Waals surface area contributed by atoms with Gasteiger partial charge in [0.25, 0.3) is 0 Å². The average Bonchev–Trinajstić information content (AvgIpc) is 2.26. The van der Waals surface area contributed by atoms with Gasteiger partial charge >= 0.3 is 0 Å². The molecule has 0 aliphatic carbocycles. The van der Waals surface area contributed by atoms with Crippen LogP contribution in [0.25, 0.3) is 10.9 Å². The first-order chi connectivity index (χ1) is 8.82. The number of aromatic nitrogens is 1. The molecule has 19 heavy (non-hydrogen) atoms. The first-order valence-corrected chi connectivity index (χ1v) is 7.03. The van der Waals surface area contributed by atoms with E-state index >= 15 is 0 Å². The lowest BCUT2D eigenvalue weighted by Crippen LogP contribution is -2.26. The minimum Gasteiger partial charge on any atom is -0.330 e. The number of aryl methyl sites for hydroxylation is 1. The van der Waals surface area contributed by atoms with E-state index in [4.69, 9.17) is 28.9 Å². The van der Waals surface area contributed by atoms with Crippen LogP contribution < -0.4 is 5.73 Å². The number of rotatable bonds is 3. The highest BCUT2D eigenvalue weighted by molar-refractivity contribution is 6.38. The molecule has 2 aromatic rings. The first kappa shape index (κ1) is 14.6. The van der Waals surface area contributed by atoms with Crippen LogP contribution in [0.3, 0.4) is 0 Å². The van der Waals surface area contributed by atoms with Crippen molar-refractivity contribution >= 4 is 34.1 Å². The number of nitrogens with two attached hydrogens (primary N) is 1. The van der Waals surface area contributed by atoms with Gasteiger partial charge in [-0.3, -0.25) is 4.98 Å². The second kappa shape index (κ2) is 5.28. The zero-order chi connectivity index (χ0) is 14.2. The molecule has 2 rings (SSSR count). The Balaban J connectivity index is 2.55. The van der Waals surface area contributed by atoms with E-state index in [2.05, 4.69) is 24.9 Å². The van der Waals surface area contributed by atoms with Gasteiger partial charge in [-0.15, -0.1) is 0 Å². The second-order valence-electron chi connectivity index (χ2n) is 5.76. The summed E-state index contributed by atoms with van der Waals surface area (Å²) < 4.78 is 0. The van der Waals surface area contributed by atoms with E-state index < -0.39 is 0 Å². The minimum absolute atomic E-state index is 0.0372. The van der Waals surface area contributed by atoms with E-state index in [0.29, 0.717) is 16.6 Å². The molecule has 0 fully saturated rings. The summed E-state index contributed by atoms with van der Waals surface area (Å²) >= 11 is 12.3. The SMILES string of the molecule is Cc1cc(CC(C)(C)CN)nc2cc(Cl)cc(Cl)c12. The van der Waals surface area contributed by atoms with Gasteiger partial charge in [0.15, 0.2) is 0 Å². The fourth-order valence-corrected chi connectivity index (χ4v) is 2.83. The fourth-order valence-electron chi connectivity index (χ4n) is 2.20. The highest BCUT2D eigenvalue weighted by Gasteiger charge is 2.18. The average molecular weight is 297 g/mol. The molecule has 2 N–H and O–H groups in total. The maximum atomic E-state index is 6.24.